The fourth-order valence-electron chi connectivity index (χ4n) is 1.92. The van der Waals surface area contributed by atoms with Crippen LogP contribution in [0.3, 0.4) is 0 Å². The Morgan fingerprint density at radius 1 is 1.58 bits per heavy atom. The monoisotopic (exact) mass is 277 g/mol. The third-order valence-corrected chi connectivity index (χ3v) is 4.42. The lowest BCUT2D eigenvalue weighted by molar-refractivity contribution is 0.0930. The summed E-state index contributed by atoms with van der Waals surface area (Å²) in [6.45, 7) is 0.651. The topological polar surface area (TPSA) is 78.0 Å². The lowest BCUT2D eigenvalue weighted by Crippen LogP contribution is -2.32. The fraction of sp³-hybridized carbons (Fsp3) is 0.385. The van der Waals surface area contributed by atoms with Crippen LogP contribution in [0.1, 0.15) is 23.3 Å². The van der Waals surface area contributed by atoms with E-state index in [0.717, 1.165) is 23.4 Å². The Morgan fingerprint density at radius 3 is 3.05 bits per heavy atom. The van der Waals surface area contributed by atoms with Gasteiger partial charge in [0.1, 0.15) is 0 Å². The number of nitrogens with one attached hydrogen (secondary N) is 2. The maximum atomic E-state index is 11.9. The number of hydrogen-bond donors (Lipinski definition) is 3. The van der Waals surface area contributed by atoms with Crippen LogP contribution in [0.4, 0.5) is 0 Å². The summed E-state index contributed by atoms with van der Waals surface area (Å²) in [5.74, 6) is -0.196. The van der Waals surface area contributed by atoms with E-state index in [2.05, 4.69) is 15.5 Å². The number of carbonyl (C=O) groups excluding carboxylic acids is 1. The second-order valence-electron chi connectivity index (χ2n) is 4.98. The Balaban J connectivity index is 1.64. The average Bonchev–Trinajstić information content (AvgIpc) is 2.87. The molecule has 2 aromatic heterocycles. The van der Waals surface area contributed by atoms with Gasteiger partial charge in [0, 0.05) is 12.0 Å². The van der Waals surface area contributed by atoms with Crippen molar-refractivity contribution >= 4 is 17.2 Å². The summed E-state index contributed by atoms with van der Waals surface area (Å²) >= 11 is 1.60. The summed E-state index contributed by atoms with van der Waals surface area (Å²) in [5, 5.41) is 20.9. The van der Waals surface area contributed by atoms with Crippen molar-refractivity contribution in [2.45, 2.75) is 12.8 Å². The zero-order valence-corrected chi connectivity index (χ0v) is 11.2. The molecule has 5 nitrogen and oxygen atoms in total. The number of amides is 1. The van der Waals surface area contributed by atoms with Crippen LogP contribution < -0.4 is 5.32 Å². The van der Waals surface area contributed by atoms with Gasteiger partial charge < -0.3 is 10.4 Å². The second-order valence-corrected chi connectivity index (χ2v) is 5.93. The first-order chi connectivity index (χ1) is 9.22. The molecule has 0 unspecified atom stereocenters. The average molecular weight is 277 g/mol. The molecular formula is C13H15N3O2S. The van der Waals surface area contributed by atoms with E-state index < -0.39 is 0 Å². The van der Waals surface area contributed by atoms with Crippen molar-refractivity contribution < 1.29 is 9.90 Å². The first kappa shape index (κ1) is 12.4. The quantitative estimate of drug-likeness (QED) is 0.777. The van der Waals surface area contributed by atoms with Crippen LogP contribution in [0.5, 0.6) is 0 Å². The number of H-pyrrole nitrogens is 1. The van der Waals surface area contributed by atoms with Gasteiger partial charge in [-0.15, -0.1) is 11.3 Å². The number of aliphatic hydroxyl groups excluding tert-OH is 1. The first-order valence-electron chi connectivity index (χ1n) is 6.21. The van der Waals surface area contributed by atoms with Crippen LogP contribution in [-0.4, -0.2) is 34.4 Å². The molecule has 2 heterocycles. The largest absolute Gasteiger partial charge is 0.396 e. The van der Waals surface area contributed by atoms with Crippen molar-refractivity contribution in [3.05, 3.63) is 29.3 Å². The summed E-state index contributed by atoms with van der Waals surface area (Å²) in [6, 6.07) is 5.68. The summed E-state index contributed by atoms with van der Waals surface area (Å²) in [6.07, 6.45) is 1.95. The zero-order chi connectivity index (χ0) is 13.3. The number of hydrogen-bond acceptors (Lipinski definition) is 4. The molecule has 0 aliphatic heterocycles. The van der Waals surface area contributed by atoms with Gasteiger partial charge in [-0.1, -0.05) is 6.07 Å². The minimum atomic E-state index is -0.196. The van der Waals surface area contributed by atoms with E-state index in [1.807, 2.05) is 17.5 Å². The molecule has 1 saturated carbocycles. The van der Waals surface area contributed by atoms with Crippen molar-refractivity contribution in [1.82, 2.24) is 15.5 Å². The highest BCUT2D eigenvalue weighted by Gasteiger charge is 2.42. The highest BCUT2D eigenvalue weighted by atomic mass is 32.1. The Labute approximate surface area is 114 Å². The minimum Gasteiger partial charge on any atom is -0.396 e. The van der Waals surface area contributed by atoms with E-state index in [1.54, 1.807) is 17.4 Å². The lowest BCUT2D eigenvalue weighted by atomic mass is 10.1. The molecule has 1 aliphatic carbocycles. The smallest absolute Gasteiger partial charge is 0.271 e. The molecule has 6 heteroatoms. The summed E-state index contributed by atoms with van der Waals surface area (Å²) in [5.41, 5.74) is 1.16. The van der Waals surface area contributed by atoms with Gasteiger partial charge in [0.25, 0.3) is 5.91 Å². The number of rotatable bonds is 5. The van der Waals surface area contributed by atoms with Crippen LogP contribution in [0.2, 0.25) is 0 Å². The third kappa shape index (κ3) is 2.54. The summed E-state index contributed by atoms with van der Waals surface area (Å²) in [7, 11) is 0. The van der Waals surface area contributed by atoms with Crippen LogP contribution in [0, 0.1) is 5.41 Å². The van der Waals surface area contributed by atoms with Gasteiger partial charge in [0.05, 0.1) is 17.2 Å². The Kier molecular flexibility index (Phi) is 3.12. The molecule has 1 amide bonds. The molecule has 1 aliphatic rings. The van der Waals surface area contributed by atoms with Gasteiger partial charge in [-0.3, -0.25) is 9.89 Å². The third-order valence-electron chi connectivity index (χ3n) is 3.51. The van der Waals surface area contributed by atoms with E-state index in [0.29, 0.717) is 12.2 Å². The predicted molar refractivity (Wildman–Crippen MR) is 73.0 cm³/mol. The van der Waals surface area contributed by atoms with Crippen molar-refractivity contribution in [3.8, 4) is 10.6 Å². The van der Waals surface area contributed by atoms with E-state index in [9.17, 15) is 9.90 Å². The molecule has 0 atom stereocenters. The standard InChI is InChI=1S/C13H15N3O2S/c17-8-13(3-4-13)7-14-12(18)10-6-9(15-16-10)11-2-1-5-19-11/h1-2,5-6,17H,3-4,7-8H2,(H,14,18)(H,15,16). The van der Waals surface area contributed by atoms with Crippen LogP contribution >= 0.6 is 11.3 Å². The van der Waals surface area contributed by atoms with Gasteiger partial charge in [0.15, 0.2) is 5.69 Å². The van der Waals surface area contributed by atoms with E-state index in [-0.39, 0.29) is 17.9 Å². The summed E-state index contributed by atoms with van der Waals surface area (Å²) < 4.78 is 0. The van der Waals surface area contributed by atoms with Crippen molar-refractivity contribution in [2.75, 3.05) is 13.2 Å². The van der Waals surface area contributed by atoms with Gasteiger partial charge in [0.2, 0.25) is 0 Å². The molecule has 0 aromatic carbocycles. The fourth-order valence-corrected chi connectivity index (χ4v) is 2.61. The number of aromatic nitrogens is 2. The highest BCUT2D eigenvalue weighted by molar-refractivity contribution is 7.13. The van der Waals surface area contributed by atoms with Gasteiger partial charge in [-0.25, -0.2) is 0 Å². The maximum Gasteiger partial charge on any atom is 0.271 e. The van der Waals surface area contributed by atoms with Gasteiger partial charge >= 0.3 is 0 Å². The number of nitrogens with zero attached hydrogens (tertiary/aromatic N) is 1. The zero-order valence-electron chi connectivity index (χ0n) is 10.3. The van der Waals surface area contributed by atoms with Crippen molar-refractivity contribution in [3.63, 3.8) is 0 Å². The molecule has 19 heavy (non-hydrogen) atoms. The minimum absolute atomic E-state index is 0.0808. The molecule has 0 bridgehead atoms. The molecule has 2 aromatic rings. The molecule has 3 N–H and O–H groups in total. The Bertz CT molecular complexity index is 572. The second kappa shape index (κ2) is 4.79. The van der Waals surface area contributed by atoms with Crippen LogP contribution in [0.15, 0.2) is 23.6 Å². The van der Waals surface area contributed by atoms with Crippen LogP contribution in [-0.2, 0) is 0 Å². The van der Waals surface area contributed by atoms with Crippen molar-refractivity contribution in [1.29, 1.82) is 0 Å². The predicted octanol–water partition coefficient (Wildman–Crippen LogP) is 1.64. The molecule has 0 radical (unpaired) electrons. The summed E-state index contributed by atoms with van der Waals surface area (Å²) in [4.78, 5) is 13.0. The SMILES string of the molecule is O=C(NCC1(CO)CC1)c1cc(-c2cccs2)[nH]n1. The van der Waals surface area contributed by atoms with Gasteiger partial charge in [-0.05, 0) is 30.4 Å². The Morgan fingerprint density at radius 2 is 2.42 bits per heavy atom. The lowest BCUT2D eigenvalue weighted by Gasteiger charge is -2.11. The Hall–Kier alpha value is -1.66. The molecular weight excluding hydrogens is 262 g/mol. The molecule has 0 saturated heterocycles. The highest BCUT2D eigenvalue weighted by Crippen LogP contribution is 2.44. The molecule has 0 spiro atoms. The number of carbonyl (C=O) groups is 1. The molecule has 1 fully saturated rings. The van der Waals surface area contributed by atoms with Crippen molar-refractivity contribution in [2.24, 2.45) is 5.41 Å². The molecule has 3 rings (SSSR count). The number of aliphatic hydroxyl groups is 1. The first-order valence-corrected chi connectivity index (χ1v) is 7.09. The van der Waals surface area contributed by atoms with E-state index in [4.69, 9.17) is 0 Å². The normalized spacial score (nSPS) is 16.3. The van der Waals surface area contributed by atoms with E-state index >= 15 is 0 Å². The van der Waals surface area contributed by atoms with E-state index in [1.165, 1.54) is 0 Å². The molecule has 100 valence electrons. The van der Waals surface area contributed by atoms with Gasteiger partial charge in [-0.2, -0.15) is 5.10 Å². The number of thiophene rings is 1. The number of aromatic amines is 1. The maximum absolute atomic E-state index is 11.9. The van der Waals surface area contributed by atoms with Crippen LogP contribution in [0.25, 0.3) is 10.6 Å².